The summed E-state index contributed by atoms with van der Waals surface area (Å²) in [6, 6.07) is 18.1. The van der Waals surface area contributed by atoms with Crippen LogP contribution in [0.2, 0.25) is 0 Å². The summed E-state index contributed by atoms with van der Waals surface area (Å²) in [4.78, 5) is 13.6. The molecule has 27 heavy (non-hydrogen) atoms. The van der Waals surface area contributed by atoms with Crippen molar-refractivity contribution in [2.45, 2.75) is 0 Å². The van der Waals surface area contributed by atoms with Gasteiger partial charge in [-0.05, 0) is 42.5 Å². The van der Waals surface area contributed by atoms with Gasteiger partial charge in [0.15, 0.2) is 5.82 Å². The van der Waals surface area contributed by atoms with Crippen LogP contribution in [0.4, 0.5) is 22.9 Å². The number of anilines is 4. The molecule has 1 aliphatic rings. The number of rotatable bonds is 3. The van der Waals surface area contributed by atoms with E-state index in [2.05, 4.69) is 39.1 Å². The first kappa shape index (κ1) is 15.6. The SMILES string of the molecule is c1ccc2c(Nc3ccc4c(c3)NCCN4)nc(-c3ccncc3)nc2c1. The van der Waals surface area contributed by atoms with Gasteiger partial charge in [0.2, 0.25) is 0 Å². The molecule has 2 aromatic heterocycles. The van der Waals surface area contributed by atoms with E-state index in [4.69, 9.17) is 9.97 Å². The van der Waals surface area contributed by atoms with Gasteiger partial charge in [-0.1, -0.05) is 12.1 Å². The molecule has 0 bridgehead atoms. The van der Waals surface area contributed by atoms with Gasteiger partial charge >= 0.3 is 0 Å². The summed E-state index contributed by atoms with van der Waals surface area (Å²) in [7, 11) is 0. The molecule has 0 amide bonds. The van der Waals surface area contributed by atoms with Gasteiger partial charge < -0.3 is 16.0 Å². The highest BCUT2D eigenvalue weighted by Gasteiger charge is 2.12. The van der Waals surface area contributed by atoms with Crippen molar-refractivity contribution in [3.8, 4) is 11.4 Å². The lowest BCUT2D eigenvalue weighted by Crippen LogP contribution is -2.20. The molecule has 4 aromatic rings. The van der Waals surface area contributed by atoms with E-state index in [1.807, 2.05) is 36.4 Å². The van der Waals surface area contributed by atoms with E-state index in [1.165, 1.54) is 0 Å². The summed E-state index contributed by atoms with van der Waals surface area (Å²) in [5.41, 5.74) is 5.04. The fourth-order valence-corrected chi connectivity index (χ4v) is 3.26. The first-order chi connectivity index (χ1) is 13.4. The van der Waals surface area contributed by atoms with Crippen LogP contribution in [0.25, 0.3) is 22.3 Å². The van der Waals surface area contributed by atoms with Crippen LogP contribution in [0.3, 0.4) is 0 Å². The third kappa shape index (κ3) is 3.01. The molecule has 0 fully saturated rings. The highest BCUT2D eigenvalue weighted by molar-refractivity contribution is 5.92. The van der Waals surface area contributed by atoms with Crippen molar-refractivity contribution >= 4 is 33.8 Å². The number of aromatic nitrogens is 3. The Balaban J connectivity index is 1.59. The minimum atomic E-state index is 0.677. The van der Waals surface area contributed by atoms with Crippen LogP contribution >= 0.6 is 0 Å². The molecular formula is C21H18N6. The van der Waals surface area contributed by atoms with Gasteiger partial charge in [0.1, 0.15) is 5.82 Å². The van der Waals surface area contributed by atoms with Gasteiger partial charge in [-0.25, -0.2) is 9.97 Å². The third-order valence-corrected chi connectivity index (χ3v) is 4.58. The summed E-state index contributed by atoms with van der Waals surface area (Å²) in [6.07, 6.45) is 3.51. The lowest BCUT2D eigenvalue weighted by Gasteiger charge is -2.21. The molecule has 0 atom stereocenters. The number of benzene rings is 2. The molecule has 0 saturated heterocycles. The maximum Gasteiger partial charge on any atom is 0.162 e. The lowest BCUT2D eigenvalue weighted by molar-refractivity contribution is 1.05. The van der Waals surface area contributed by atoms with E-state index < -0.39 is 0 Å². The Hall–Kier alpha value is -3.67. The molecule has 6 heteroatoms. The summed E-state index contributed by atoms with van der Waals surface area (Å²) >= 11 is 0. The largest absolute Gasteiger partial charge is 0.382 e. The number of pyridine rings is 1. The second kappa shape index (κ2) is 6.57. The number of para-hydroxylation sites is 1. The van der Waals surface area contributed by atoms with Crippen LogP contribution in [0.15, 0.2) is 67.0 Å². The van der Waals surface area contributed by atoms with Crippen LogP contribution in [-0.4, -0.2) is 28.0 Å². The normalized spacial score (nSPS) is 12.7. The predicted octanol–water partition coefficient (Wildman–Crippen LogP) is 4.27. The van der Waals surface area contributed by atoms with Gasteiger partial charge in [0.25, 0.3) is 0 Å². The molecule has 0 aliphatic carbocycles. The average Bonchev–Trinajstić information content (AvgIpc) is 2.74. The second-order valence-electron chi connectivity index (χ2n) is 6.39. The highest BCUT2D eigenvalue weighted by Crippen LogP contribution is 2.31. The number of hydrogen-bond acceptors (Lipinski definition) is 6. The van der Waals surface area contributed by atoms with Gasteiger partial charge in [-0.2, -0.15) is 0 Å². The smallest absolute Gasteiger partial charge is 0.162 e. The van der Waals surface area contributed by atoms with Crippen molar-refractivity contribution in [1.29, 1.82) is 0 Å². The summed E-state index contributed by atoms with van der Waals surface area (Å²) in [5.74, 6) is 1.47. The van der Waals surface area contributed by atoms with Crippen molar-refractivity contribution in [2.24, 2.45) is 0 Å². The topological polar surface area (TPSA) is 74.8 Å². The Bertz CT molecular complexity index is 1110. The summed E-state index contributed by atoms with van der Waals surface area (Å²) < 4.78 is 0. The Labute approximate surface area is 156 Å². The van der Waals surface area contributed by atoms with Crippen LogP contribution in [0, 0.1) is 0 Å². The first-order valence-corrected chi connectivity index (χ1v) is 8.93. The molecule has 0 spiro atoms. The Morgan fingerprint density at radius 1 is 0.815 bits per heavy atom. The van der Waals surface area contributed by atoms with Crippen LogP contribution in [0.5, 0.6) is 0 Å². The van der Waals surface area contributed by atoms with E-state index in [-0.39, 0.29) is 0 Å². The molecule has 2 aromatic carbocycles. The minimum Gasteiger partial charge on any atom is -0.382 e. The fourth-order valence-electron chi connectivity index (χ4n) is 3.26. The molecule has 3 N–H and O–H groups in total. The van der Waals surface area contributed by atoms with E-state index in [0.29, 0.717) is 5.82 Å². The van der Waals surface area contributed by atoms with Crippen molar-refractivity contribution in [2.75, 3.05) is 29.0 Å². The highest BCUT2D eigenvalue weighted by atomic mass is 15.1. The Morgan fingerprint density at radius 2 is 1.63 bits per heavy atom. The molecule has 0 unspecified atom stereocenters. The van der Waals surface area contributed by atoms with E-state index >= 15 is 0 Å². The molecule has 3 heterocycles. The maximum atomic E-state index is 4.79. The van der Waals surface area contributed by atoms with E-state index in [9.17, 15) is 0 Å². The summed E-state index contributed by atoms with van der Waals surface area (Å²) in [6.45, 7) is 1.85. The fraction of sp³-hybridized carbons (Fsp3) is 0.0952. The number of fused-ring (bicyclic) bond motifs is 2. The van der Waals surface area contributed by atoms with E-state index in [1.54, 1.807) is 12.4 Å². The molecule has 0 radical (unpaired) electrons. The number of nitrogens with zero attached hydrogens (tertiary/aromatic N) is 3. The van der Waals surface area contributed by atoms with Crippen LogP contribution < -0.4 is 16.0 Å². The van der Waals surface area contributed by atoms with E-state index in [0.717, 1.165) is 52.4 Å². The van der Waals surface area contributed by atoms with Crippen LogP contribution in [-0.2, 0) is 0 Å². The molecule has 132 valence electrons. The zero-order valence-electron chi connectivity index (χ0n) is 14.6. The van der Waals surface area contributed by atoms with Crippen LogP contribution in [0.1, 0.15) is 0 Å². The van der Waals surface area contributed by atoms with Crippen molar-refractivity contribution in [1.82, 2.24) is 15.0 Å². The Kier molecular flexibility index (Phi) is 3.79. The summed E-state index contributed by atoms with van der Waals surface area (Å²) in [5, 5.41) is 11.3. The van der Waals surface area contributed by atoms with Crippen molar-refractivity contribution < 1.29 is 0 Å². The molecule has 1 aliphatic heterocycles. The van der Waals surface area contributed by atoms with Gasteiger partial charge in [-0.15, -0.1) is 0 Å². The molecule has 6 nitrogen and oxygen atoms in total. The molecule has 5 rings (SSSR count). The monoisotopic (exact) mass is 354 g/mol. The van der Waals surface area contributed by atoms with Crippen molar-refractivity contribution in [3.63, 3.8) is 0 Å². The van der Waals surface area contributed by atoms with Crippen molar-refractivity contribution in [3.05, 3.63) is 67.0 Å². The quantitative estimate of drug-likeness (QED) is 0.510. The van der Waals surface area contributed by atoms with Gasteiger partial charge in [-0.3, -0.25) is 4.98 Å². The standard InChI is InChI=1S/C21H18N6/c1-2-4-17-16(3-1)21(27-20(26-17)14-7-9-22-10-8-14)25-15-5-6-18-19(13-15)24-12-11-23-18/h1-10,13,23-24H,11-12H2,(H,25,26,27). The first-order valence-electron chi connectivity index (χ1n) is 8.93. The number of nitrogens with one attached hydrogen (secondary N) is 3. The Morgan fingerprint density at radius 3 is 2.52 bits per heavy atom. The lowest BCUT2D eigenvalue weighted by atomic mass is 10.2. The minimum absolute atomic E-state index is 0.677. The third-order valence-electron chi connectivity index (χ3n) is 4.58. The average molecular weight is 354 g/mol. The van der Waals surface area contributed by atoms with Gasteiger partial charge in [0, 0.05) is 42.1 Å². The molecule has 0 saturated carbocycles. The predicted molar refractivity (Wildman–Crippen MR) is 109 cm³/mol. The number of hydrogen-bond donors (Lipinski definition) is 3. The zero-order valence-corrected chi connectivity index (χ0v) is 14.6. The second-order valence-corrected chi connectivity index (χ2v) is 6.39. The zero-order chi connectivity index (χ0) is 18.1. The van der Waals surface area contributed by atoms with Gasteiger partial charge in [0.05, 0.1) is 16.9 Å². The maximum absolute atomic E-state index is 4.79. The molecular weight excluding hydrogens is 336 g/mol.